The third kappa shape index (κ3) is 4.24. The standard InChI is InChI=1S/C12H19FN2O/c1-9(2)12(8-16-3)15-6-10-4-11(13)7-14-5-10/h4-5,7,9,12,15H,6,8H2,1-3H3. The number of hydrogen-bond acceptors (Lipinski definition) is 3. The molecule has 1 heterocycles. The van der Waals surface area contributed by atoms with Crippen LogP contribution in [-0.2, 0) is 11.3 Å². The molecule has 1 aromatic heterocycles. The molecule has 0 saturated carbocycles. The Morgan fingerprint density at radius 1 is 1.44 bits per heavy atom. The Balaban J connectivity index is 2.48. The van der Waals surface area contributed by atoms with Gasteiger partial charge >= 0.3 is 0 Å². The van der Waals surface area contributed by atoms with Crippen molar-refractivity contribution < 1.29 is 9.13 Å². The normalized spacial score (nSPS) is 13.1. The molecule has 0 bridgehead atoms. The molecule has 1 rings (SSSR count). The zero-order valence-electron chi connectivity index (χ0n) is 10.0. The maximum Gasteiger partial charge on any atom is 0.141 e. The highest BCUT2D eigenvalue weighted by molar-refractivity contribution is 5.09. The highest BCUT2D eigenvalue weighted by atomic mass is 19.1. The van der Waals surface area contributed by atoms with Crippen LogP contribution < -0.4 is 5.32 Å². The molecule has 16 heavy (non-hydrogen) atoms. The van der Waals surface area contributed by atoms with Gasteiger partial charge in [-0.2, -0.15) is 0 Å². The van der Waals surface area contributed by atoms with Crippen LogP contribution in [0.1, 0.15) is 19.4 Å². The van der Waals surface area contributed by atoms with Crippen LogP contribution in [0.2, 0.25) is 0 Å². The van der Waals surface area contributed by atoms with Gasteiger partial charge in [-0.3, -0.25) is 4.98 Å². The van der Waals surface area contributed by atoms with Crippen molar-refractivity contribution in [1.29, 1.82) is 0 Å². The number of halogens is 1. The molecule has 1 N–H and O–H groups in total. The van der Waals surface area contributed by atoms with Crippen molar-refractivity contribution in [1.82, 2.24) is 10.3 Å². The minimum atomic E-state index is -0.299. The Bertz CT molecular complexity index is 318. The number of ether oxygens (including phenoxy) is 1. The van der Waals surface area contributed by atoms with Gasteiger partial charge in [0.2, 0.25) is 0 Å². The van der Waals surface area contributed by atoms with Crippen LogP contribution in [0.5, 0.6) is 0 Å². The van der Waals surface area contributed by atoms with Gasteiger partial charge in [0.15, 0.2) is 0 Å². The van der Waals surface area contributed by atoms with E-state index in [0.29, 0.717) is 19.1 Å². The van der Waals surface area contributed by atoms with E-state index in [0.717, 1.165) is 5.56 Å². The van der Waals surface area contributed by atoms with Gasteiger partial charge < -0.3 is 10.1 Å². The zero-order valence-corrected chi connectivity index (χ0v) is 10.0. The molecule has 0 aliphatic rings. The molecular formula is C12H19FN2O. The molecule has 0 radical (unpaired) electrons. The van der Waals surface area contributed by atoms with E-state index in [9.17, 15) is 4.39 Å². The van der Waals surface area contributed by atoms with Crippen LogP contribution in [0.4, 0.5) is 4.39 Å². The Kier molecular flexibility index (Phi) is 5.35. The lowest BCUT2D eigenvalue weighted by molar-refractivity contribution is 0.146. The highest BCUT2D eigenvalue weighted by Gasteiger charge is 2.12. The van der Waals surface area contributed by atoms with E-state index in [1.54, 1.807) is 13.3 Å². The molecule has 1 atom stereocenters. The van der Waals surface area contributed by atoms with Crippen molar-refractivity contribution in [2.45, 2.75) is 26.4 Å². The fraction of sp³-hybridized carbons (Fsp3) is 0.583. The van der Waals surface area contributed by atoms with E-state index in [1.807, 2.05) is 0 Å². The van der Waals surface area contributed by atoms with Gasteiger partial charge in [0, 0.05) is 25.9 Å². The largest absolute Gasteiger partial charge is 0.383 e. The monoisotopic (exact) mass is 226 g/mol. The number of nitrogens with zero attached hydrogens (tertiary/aromatic N) is 1. The van der Waals surface area contributed by atoms with E-state index in [1.165, 1.54) is 12.3 Å². The number of rotatable bonds is 6. The lowest BCUT2D eigenvalue weighted by atomic mass is 10.1. The van der Waals surface area contributed by atoms with Gasteiger partial charge in [-0.15, -0.1) is 0 Å². The van der Waals surface area contributed by atoms with Gasteiger partial charge in [-0.05, 0) is 17.5 Å². The van der Waals surface area contributed by atoms with Crippen molar-refractivity contribution in [3.05, 3.63) is 29.8 Å². The Labute approximate surface area is 96.0 Å². The smallest absolute Gasteiger partial charge is 0.141 e. The molecule has 0 aliphatic carbocycles. The Hall–Kier alpha value is -1.00. The van der Waals surface area contributed by atoms with Gasteiger partial charge in [-0.25, -0.2) is 4.39 Å². The van der Waals surface area contributed by atoms with Crippen molar-refractivity contribution in [2.24, 2.45) is 5.92 Å². The SMILES string of the molecule is COCC(NCc1cncc(F)c1)C(C)C. The molecule has 0 spiro atoms. The summed E-state index contributed by atoms with van der Waals surface area (Å²) in [5.41, 5.74) is 0.849. The second-order valence-electron chi connectivity index (χ2n) is 4.20. The number of pyridine rings is 1. The van der Waals surface area contributed by atoms with E-state index >= 15 is 0 Å². The summed E-state index contributed by atoms with van der Waals surface area (Å²) in [6, 6.07) is 1.76. The molecule has 0 aromatic carbocycles. The summed E-state index contributed by atoms with van der Waals surface area (Å²) in [5, 5.41) is 3.33. The van der Waals surface area contributed by atoms with E-state index in [-0.39, 0.29) is 11.9 Å². The maximum absolute atomic E-state index is 12.9. The summed E-state index contributed by atoms with van der Waals surface area (Å²) in [6.07, 6.45) is 2.87. The molecule has 90 valence electrons. The van der Waals surface area contributed by atoms with Gasteiger partial charge in [0.05, 0.1) is 12.8 Å². The first-order valence-corrected chi connectivity index (χ1v) is 5.45. The Morgan fingerprint density at radius 2 is 2.19 bits per heavy atom. The van der Waals surface area contributed by atoms with Crippen molar-refractivity contribution in [3.63, 3.8) is 0 Å². The fourth-order valence-electron chi connectivity index (χ4n) is 1.47. The zero-order chi connectivity index (χ0) is 12.0. The fourth-order valence-corrected chi connectivity index (χ4v) is 1.47. The second-order valence-corrected chi connectivity index (χ2v) is 4.20. The van der Waals surface area contributed by atoms with Crippen LogP contribution in [0, 0.1) is 11.7 Å². The predicted molar refractivity (Wildman–Crippen MR) is 61.5 cm³/mol. The second kappa shape index (κ2) is 6.55. The molecule has 0 saturated heterocycles. The van der Waals surface area contributed by atoms with Crippen LogP contribution in [-0.4, -0.2) is 24.7 Å². The number of nitrogens with one attached hydrogen (secondary N) is 1. The van der Waals surface area contributed by atoms with Gasteiger partial charge in [-0.1, -0.05) is 13.8 Å². The lowest BCUT2D eigenvalue weighted by Gasteiger charge is -2.21. The summed E-state index contributed by atoms with van der Waals surface area (Å²) in [4.78, 5) is 3.81. The third-order valence-electron chi connectivity index (χ3n) is 2.48. The highest BCUT2D eigenvalue weighted by Crippen LogP contribution is 2.05. The molecular weight excluding hydrogens is 207 g/mol. The minimum Gasteiger partial charge on any atom is -0.383 e. The van der Waals surface area contributed by atoms with Crippen molar-refractivity contribution >= 4 is 0 Å². The minimum absolute atomic E-state index is 0.272. The molecule has 1 unspecified atom stereocenters. The van der Waals surface area contributed by atoms with E-state index < -0.39 is 0 Å². The maximum atomic E-state index is 12.9. The summed E-state index contributed by atoms with van der Waals surface area (Å²) in [6.45, 7) is 5.51. The van der Waals surface area contributed by atoms with Gasteiger partial charge in [0.25, 0.3) is 0 Å². The van der Waals surface area contributed by atoms with Crippen molar-refractivity contribution in [2.75, 3.05) is 13.7 Å². The molecule has 0 amide bonds. The van der Waals surface area contributed by atoms with Crippen LogP contribution in [0.15, 0.2) is 18.5 Å². The number of hydrogen-bond donors (Lipinski definition) is 1. The molecule has 0 aliphatic heterocycles. The Morgan fingerprint density at radius 3 is 2.75 bits per heavy atom. The number of methoxy groups -OCH3 is 1. The molecule has 0 fully saturated rings. The molecule has 3 nitrogen and oxygen atoms in total. The van der Waals surface area contributed by atoms with Crippen LogP contribution in [0.3, 0.4) is 0 Å². The van der Waals surface area contributed by atoms with Gasteiger partial charge in [0.1, 0.15) is 5.82 Å². The van der Waals surface area contributed by atoms with E-state index in [4.69, 9.17) is 4.74 Å². The number of aromatic nitrogens is 1. The molecule has 4 heteroatoms. The first-order valence-electron chi connectivity index (χ1n) is 5.45. The average Bonchev–Trinajstić information content (AvgIpc) is 2.24. The quantitative estimate of drug-likeness (QED) is 0.805. The van der Waals surface area contributed by atoms with E-state index in [2.05, 4.69) is 24.1 Å². The first kappa shape index (κ1) is 13.1. The summed E-state index contributed by atoms with van der Waals surface area (Å²) >= 11 is 0. The topological polar surface area (TPSA) is 34.1 Å². The van der Waals surface area contributed by atoms with Crippen molar-refractivity contribution in [3.8, 4) is 0 Å². The summed E-state index contributed by atoms with van der Waals surface area (Å²) in [7, 11) is 1.68. The average molecular weight is 226 g/mol. The molecule has 1 aromatic rings. The predicted octanol–water partition coefficient (Wildman–Crippen LogP) is 1.98. The summed E-state index contributed by atoms with van der Waals surface area (Å²) < 4.78 is 18.0. The van der Waals surface area contributed by atoms with Crippen LogP contribution >= 0.6 is 0 Å². The summed E-state index contributed by atoms with van der Waals surface area (Å²) in [5.74, 6) is 0.175. The third-order valence-corrected chi connectivity index (χ3v) is 2.48. The first-order chi connectivity index (χ1) is 7.63. The lowest BCUT2D eigenvalue weighted by Crippen LogP contribution is -2.37. The van der Waals surface area contributed by atoms with Crippen LogP contribution in [0.25, 0.3) is 0 Å².